The highest BCUT2D eigenvalue weighted by atomic mass is 16.5. The molecular formula is C14H14N2O4. The van der Waals surface area contributed by atoms with Gasteiger partial charge in [0.25, 0.3) is 5.91 Å². The minimum absolute atomic E-state index is 0.0787. The van der Waals surface area contributed by atoms with Crippen molar-refractivity contribution < 1.29 is 19.2 Å². The average molecular weight is 274 g/mol. The fraction of sp³-hybridized carbons (Fsp3) is 0.214. The second kappa shape index (κ2) is 5.56. The number of benzene rings is 1. The van der Waals surface area contributed by atoms with Gasteiger partial charge < -0.3 is 14.9 Å². The summed E-state index contributed by atoms with van der Waals surface area (Å²) in [6, 6.07) is 5.88. The lowest BCUT2D eigenvalue weighted by molar-refractivity contribution is 0.0697. The number of hydrogen-bond acceptors (Lipinski definition) is 4. The molecule has 2 N–H and O–H groups in total. The fourth-order valence-electron chi connectivity index (χ4n) is 1.82. The number of rotatable bonds is 4. The molecular weight excluding hydrogens is 260 g/mol. The number of carbonyl (C=O) groups excluding carboxylic acids is 1. The fourth-order valence-corrected chi connectivity index (χ4v) is 1.82. The smallest absolute Gasteiger partial charge is 0.335 e. The molecule has 0 aliphatic carbocycles. The lowest BCUT2D eigenvalue weighted by Crippen LogP contribution is -2.23. The van der Waals surface area contributed by atoms with Gasteiger partial charge >= 0.3 is 5.97 Å². The van der Waals surface area contributed by atoms with E-state index in [2.05, 4.69) is 10.5 Å². The topological polar surface area (TPSA) is 92.4 Å². The van der Waals surface area contributed by atoms with E-state index in [1.54, 1.807) is 19.9 Å². The van der Waals surface area contributed by atoms with Crippen LogP contribution in [-0.4, -0.2) is 22.1 Å². The van der Waals surface area contributed by atoms with Crippen molar-refractivity contribution in [1.82, 2.24) is 10.5 Å². The van der Waals surface area contributed by atoms with Crippen molar-refractivity contribution >= 4 is 11.9 Å². The van der Waals surface area contributed by atoms with E-state index in [0.29, 0.717) is 11.3 Å². The molecule has 2 rings (SSSR count). The van der Waals surface area contributed by atoms with Crippen molar-refractivity contribution in [2.45, 2.75) is 20.4 Å². The van der Waals surface area contributed by atoms with Gasteiger partial charge in [0.05, 0.1) is 11.3 Å². The largest absolute Gasteiger partial charge is 0.478 e. The molecule has 1 amide bonds. The zero-order valence-corrected chi connectivity index (χ0v) is 11.1. The van der Waals surface area contributed by atoms with Crippen LogP contribution in [-0.2, 0) is 6.54 Å². The summed E-state index contributed by atoms with van der Waals surface area (Å²) in [5.74, 6) is -0.749. The van der Waals surface area contributed by atoms with Crippen molar-refractivity contribution in [2.75, 3.05) is 0 Å². The van der Waals surface area contributed by atoms with Crippen LogP contribution in [0.15, 0.2) is 28.8 Å². The van der Waals surface area contributed by atoms with Gasteiger partial charge in [-0.15, -0.1) is 0 Å². The van der Waals surface area contributed by atoms with E-state index >= 15 is 0 Å². The number of aromatic nitrogens is 1. The normalized spacial score (nSPS) is 10.3. The third-order valence-corrected chi connectivity index (χ3v) is 2.98. The summed E-state index contributed by atoms with van der Waals surface area (Å²) in [6.07, 6.45) is 0. The van der Waals surface area contributed by atoms with Crippen molar-refractivity contribution in [1.29, 1.82) is 0 Å². The Labute approximate surface area is 115 Å². The molecule has 2 aromatic rings. The molecule has 1 aromatic heterocycles. The first-order valence-electron chi connectivity index (χ1n) is 6.02. The molecule has 0 bridgehead atoms. The summed E-state index contributed by atoms with van der Waals surface area (Å²) in [4.78, 5) is 22.8. The highest BCUT2D eigenvalue weighted by molar-refractivity contribution is 5.97. The molecule has 0 unspecified atom stereocenters. The molecule has 6 nitrogen and oxygen atoms in total. The van der Waals surface area contributed by atoms with Crippen LogP contribution in [0.3, 0.4) is 0 Å². The van der Waals surface area contributed by atoms with Crippen LogP contribution in [0.4, 0.5) is 0 Å². The summed E-state index contributed by atoms with van der Waals surface area (Å²) >= 11 is 0. The van der Waals surface area contributed by atoms with Crippen LogP contribution in [0.2, 0.25) is 0 Å². The number of aryl methyl sites for hydroxylation is 2. The van der Waals surface area contributed by atoms with E-state index in [1.807, 2.05) is 0 Å². The Kier molecular flexibility index (Phi) is 3.84. The molecule has 6 heteroatoms. The first kappa shape index (κ1) is 13.8. The third-order valence-electron chi connectivity index (χ3n) is 2.98. The first-order chi connectivity index (χ1) is 9.49. The van der Waals surface area contributed by atoms with Crippen molar-refractivity contribution in [3.8, 4) is 0 Å². The maximum Gasteiger partial charge on any atom is 0.335 e. The zero-order chi connectivity index (χ0) is 14.7. The number of carbonyl (C=O) groups is 2. The predicted molar refractivity (Wildman–Crippen MR) is 70.5 cm³/mol. The summed E-state index contributed by atoms with van der Waals surface area (Å²) in [7, 11) is 0. The second-order valence-corrected chi connectivity index (χ2v) is 4.37. The van der Waals surface area contributed by atoms with Crippen molar-refractivity contribution in [3.05, 3.63) is 52.4 Å². The highest BCUT2D eigenvalue weighted by Crippen LogP contribution is 2.12. The number of carboxylic acids is 1. The predicted octanol–water partition coefficient (Wildman–Crippen LogP) is 1.92. The summed E-state index contributed by atoms with van der Waals surface area (Å²) in [5, 5.41) is 15.4. The number of amides is 1. The van der Waals surface area contributed by atoms with E-state index in [-0.39, 0.29) is 18.0 Å². The van der Waals surface area contributed by atoms with E-state index in [0.717, 1.165) is 11.3 Å². The lowest BCUT2D eigenvalue weighted by atomic mass is 10.1. The molecule has 1 aromatic carbocycles. The van der Waals surface area contributed by atoms with Crippen LogP contribution in [0.1, 0.15) is 37.7 Å². The van der Waals surface area contributed by atoms with Gasteiger partial charge in [-0.3, -0.25) is 4.79 Å². The molecule has 0 spiro atoms. The average Bonchev–Trinajstić information content (AvgIpc) is 2.75. The molecule has 0 radical (unpaired) electrons. The van der Waals surface area contributed by atoms with E-state index in [1.165, 1.54) is 18.2 Å². The molecule has 0 aliphatic rings. The van der Waals surface area contributed by atoms with Crippen LogP contribution in [0, 0.1) is 13.8 Å². The third kappa shape index (κ3) is 2.85. The minimum Gasteiger partial charge on any atom is -0.478 e. The summed E-state index contributed by atoms with van der Waals surface area (Å²) in [6.45, 7) is 3.85. The standard InChI is InChI=1S/C14H14N2O4/c1-8-12(9(2)20-16-8)7-15-13(17)10-4-3-5-11(6-10)14(18)19/h3-6H,7H2,1-2H3,(H,15,17)(H,18,19). The molecule has 20 heavy (non-hydrogen) atoms. The van der Waals surface area contributed by atoms with Gasteiger partial charge in [0.2, 0.25) is 0 Å². The second-order valence-electron chi connectivity index (χ2n) is 4.37. The number of nitrogens with zero attached hydrogens (tertiary/aromatic N) is 1. The minimum atomic E-state index is -1.06. The Morgan fingerprint density at radius 1 is 1.30 bits per heavy atom. The maximum atomic E-state index is 12.0. The SMILES string of the molecule is Cc1noc(C)c1CNC(=O)c1cccc(C(=O)O)c1. The highest BCUT2D eigenvalue weighted by Gasteiger charge is 2.12. The molecule has 0 atom stereocenters. The first-order valence-corrected chi connectivity index (χ1v) is 6.02. The molecule has 0 saturated carbocycles. The van der Waals surface area contributed by atoms with Crippen LogP contribution >= 0.6 is 0 Å². The molecule has 0 fully saturated rings. The van der Waals surface area contributed by atoms with E-state index in [4.69, 9.17) is 9.63 Å². The zero-order valence-electron chi connectivity index (χ0n) is 11.1. The van der Waals surface area contributed by atoms with Crippen molar-refractivity contribution in [2.24, 2.45) is 0 Å². The van der Waals surface area contributed by atoms with Gasteiger partial charge in [0, 0.05) is 17.7 Å². The summed E-state index contributed by atoms with van der Waals surface area (Å²) in [5.41, 5.74) is 1.93. The maximum absolute atomic E-state index is 12.0. The monoisotopic (exact) mass is 274 g/mol. The number of carboxylic acid groups (broad SMARTS) is 1. The van der Waals surface area contributed by atoms with Gasteiger partial charge in [-0.2, -0.15) is 0 Å². The Bertz CT molecular complexity index is 641. The molecule has 104 valence electrons. The number of nitrogens with one attached hydrogen (secondary N) is 1. The Balaban J connectivity index is 2.09. The van der Waals surface area contributed by atoms with Crippen LogP contribution in [0.25, 0.3) is 0 Å². The van der Waals surface area contributed by atoms with E-state index < -0.39 is 5.97 Å². The van der Waals surface area contributed by atoms with Gasteiger partial charge in [0.15, 0.2) is 0 Å². The van der Waals surface area contributed by atoms with Gasteiger partial charge in [0.1, 0.15) is 5.76 Å². The Morgan fingerprint density at radius 2 is 2.00 bits per heavy atom. The Hall–Kier alpha value is -2.63. The molecule has 1 heterocycles. The lowest BCUT2D eigenvalue weighted by Gasteiger charge is -2.05. The number of hydrogen-bond donors (Lipinski definition) is 2. The van der Waals surface area contributed by atoms with Crippen LogP contribution in [0.5, 0.6) is 0 Å². The summed E-state index contributed by atoms with van der Waals surface area (Å²) < 4.78 is 5.00. The van der Waals surface area contributed by atoms with Crippen LogP contribution < -0.4 is 5.32 Å². The van der Waals surface area contributed by atoms with Gasteiger partial charge in [-0.1, -0.05) is 11.2 Å². The quantitative estimate of drug-likeness (QED) is 0.888. The van der Waals surface area contributed by atoms with Gasteiger partial charge in [-0.25, -0.2) is 4.79 Å². The van der Waals surface area contributed by atoms with Crippen molar-refractivity contribution in [3.63, 3.8) is 0 Å². The van der Waals surface area contributed by atoms with E-state index in [9.17, 15) is 9.59 Å². The molecule has 0 saturated heterocycles. The Morgan fingerprint density at radius 3 is 2.60 bits per heavy atom. The molecule has 0 aliphatic heterocycles. The number of aromatic carboxylic acids is 1. The van der Waals surface area contributed by atoms with Gasteiger partial charge in [-0.05, 0) is 32.0 Å².